The molecule has 2 aromatic carbocycles. The molecule has 1 aliphatic rings. The maximum absolute atomic E-state index is 12.6. The Labute approximate surface area is 173 Å². The van der Waals surface area contributed by atoms with E-state index < -0.39 is 0 Å². The fraction of sp³-hybridized carbons (Fsp3) is 0.458. The molecule has 0 amide bonds. The Morgan fingerprint density at radius 1 is 1.14 bits per heavy atom. The van der Waals surface area contributed by atoms with E-state index in [0.29, 0.717) is 12.5 Å². The van der Waals surface area contributed by atoms with E-state index in [4.69, 9.17) is 9.47 Å². The molecule has 0 aromatic heterocycles. The number of carbonyl (C=O) groups excluding carboxylic acids is 1. The summed E-state index contributed by atoms with van der Waals surface area (Å²) in [6.45, 7) is 7.01. The Morgan fingerprint density at radius 2 is 1.86 bits per heavy atom. The van der Waals surface area contributed by atoms with Gasteiger partial charge in [-0.3, -0.25) is 4.79 Å². The average Bonchev–Trinajstić information content (AvgIpc) is 3.08. The topological polar surface area (TPSA) is 59.6 Å². The van der Waals surface area contributed by atoms with Crippen LogP contribution in [0.3, 0.4) is 0 Å². The van der Waals surface area contributed by atoms with E-state index in [9.17, 15) is 4.79 Å². The van der Waals surface area contributed by atoms with Gasteiger partial charge in [0.25, 0.3) is 0 Å². The molecule has 156 valence electrons. The van der Waals surface area contributed by atoms with E-state index in [1.165, 1.54) is 12.7 Å². The van der Waals surface area contributed by atoms with Crippen molar-refractivity contribution in [3.8, 4) is 5.75 Å². The second-order valence-corrected chi connectivity index (χ2v) is 8.03. The third-order valence-electron chi connectivity index (χ3n) is 5.86. The third kappa shape index (κ3) is 4.62. The van der Waals surface area contributed by atoms with Crippen LogP contribution in [0.15, 0.2) is 48.5 Å². The first-order valence-corrected chi connectivity index (χ1v) is 10.2. The Hall–Kier alpha value is -2.37. The zero-order valence-electron chi connectivity index (χ0n) is 17.9. The van der Waals surface area contributed by atoms with E-state index in [2.05, 4.69) is 48.7 Å². The first-order chi connectivity index (χ1) is 14.0. The van der Waals surface area contributed by atoms with Crippen molar-refractivity contribution in [1.29, 1.82) is 0 Å². The minimum atomic E-state index is -0.274. The summed E-state index contributed by atoms with van der Waals surface area (Å²) in [5.74, 6) is 0.827. The summed E-state index contributed by atoms with van der Waals surface area (Å²) in [6, 6.07) is 16.5. The maximum atomic E-state index is 12.6. The quantitative estimate of drug-likeness (QED) is 0.697. The van der Waals surface area contributed by atoms with Crippen LogP contribution in [0.5, 0.6) is 5.75 Å². The monoisotopic (exact) mass is 396 g/mol. The van der Waals surface area contributed by atoms with E-state index in [1.807, 2.05) is 31.2 Å². The van der Waals surface area contributed by atoms with Crippen molar-refractivity contribution in [2.24, 2.45) is 5.92 Å². The predicted octanol–water partition coefficient (Wildman–Crippen LogP) is 3.80. The molecule has 5 nitrogen and oxygen atoms in total. The Bertz CT molecular complexity index is 822. The Morgan fingerprint density at radius 3 is 2.48 bits per heavy atom. The molecule has 0 aliphatic carbocycles. The number of benzene rings is 2. The van der Waals surface area contributed by atoms with E-state index in [-0.39, 0.29) is 30.0 Å². The zero-order chi connectivity index (χ0) is 21.0. The summed E-state index contributed by atoms with van der Waals surface area (Å²) in [4.78, 5) is 12.6. The number of hydrogen-bond donors (Lipinski definition) is 2. The second-order valence-electron chi connectivity index (χ2n) is 8.03. The molecule has 1 fully saturated rings. The van der Waals surface area contributed by atoms with Crippen molar-refractivity contribution in [3.05, 3.63) is 65.2 Å². The maximum Gasteiger partial charge on any atom is 0.311 e. The number of rotatable bonds is 7. The van der Waals surface area contributed by atoms with Crippen LogP contribution >= 0.6 is 0 Å². The fourth-order valence-electron chi connectivity index (χ4n) is 4.23. The highest BCUT2D eigenvalue weighted by Crippen LogP contribution is 2.33. The van der Waals surface area contributed by atoms with Crippen LogP contribution in [0.2, 0.25) is 0 Å². The van der Waals surface area contributed by atoms with Gasteiger partial charge in [0, 0.05) is 30.2 Å². The van der Waals surface area contributed by atoms with Gasteiger partial charge in [0.15, 0.2) is 0 Å². The molecule has 29 heavy (non-hydrogen) atoms. The van der Waals surface area contributed by atoms with Crippen molar-refractivity contribution in [3.63, 3.8) is 0 Å². The normalized spacial score (nSPS) is 23.9. The lowest BCUT2D eigenvalue weighted by Gasteiger charge is -2.25. The lowest BCUT2D eigenvalue weighted by atomic mass is 9.90. The van der Waals surface area contributed by atoms with Gasteiger partial charge in [-0.1, -0.05) is 56.3 Å². The van der Waals surface area contributed by atoms with Crippen LogP contribution in [-0.2, 0) is 16.1 Å². The number of nitrogens with one attached hydrogen (secondary N) is 2. The van der Waals surface area contributed by atoms with Gasteiger partial charge >= 0.3 is 5.97 Å². The fourth-order valence-corrected chi connectivity index (χ4v) is 4.23. The van der Waals surface area contributed by atoms with Crippen molar-refractivity contribution < 1.29 is 14.3 Å². The van der Waals surface area contributed by atoms with Gasteiger partial charge in [-0.2, -0.15) is 0 Å². The van der Waals surface area contributed by atoms with Crippen LogP contribution in [-0.4, -0.2) is 32.3 Å². The van der Waals surface area contributed by atoms with Gasteiger partial charge < -0.3 is 20.1 Å². The van der Waals surface area contributed by atoms with Crippen LogP contribution < -0.4 is 15.4 Å². The number of carbonyl (C=O) groups is 1. The summed E-state index contributed by atoms with van der Waals surface area (Å²) in [5.41, 5.74) is 3.52. The Kier molecular flexibility index (Phi) is 6.93. The highest BCUT2D eigenvalue weighted by Gasteiger charge is 2.45. The molecule has 4 atom stereocenters. The van der Waals surface area contributed by atoms with Gasteiger partial charge in [0.05, 0.1) is 20.1 Å². The third-order valence-corrected chi connectivity index (χ3v) is 5.86. The molecule has 0 spiro atoms. The molecular weight excluding hydrogens is 364 g/mol. The molecule has 0 radical (unpaired) electrons. The summed E-state index contributed by atoms with van der Waals surface area (Å²) in [6.07, 6.45) is 0. The van der Waals surface area contributed by atoms with Crippen molar-refractivity contribution in [1.82, 2.24) is 10.6 Å². The van der Waals surface area contributed by atoms with Crippen LogP contribution in [0.4, 0.5) is 0 Å². The predicted molar refractivity (Wildman–Crippen MR) is 115 cm³/mol. The van der Waals surface area contributed by atoms with Gasteiger partial charge in [0.1, 0.15) is 5.75 Å². The van der Waals surface area contributed by atoms with Crippen molar-refractivity contribution in [2.75, 3.05) is 14.2 Å². The van der Waals surface area contributed by atoms with Crippen molar-refractivity contribution >= 4 is 5.97 Å². The van der Waals surface area contributed by atoms with Crippen LogP contribution in [0, 0.1) is 5.92 Å². The lowest BCUT2D eigenvalue weighted by Crippen LogP contribution is -2.42. The SMILES string of the molecule is COC(=O)[C@@H]1[C@@H](NCc2cc(C(C)C)ccc2OC)[C@H](c2ccccc2)N[C@@H]1C. The largest absolute Gasteiger partial charge is 0.496 e. The Balaban J connectivity index is 1.88. The van der Waals surface area contributed by atoms with E-state index >= 15 is 0 Å². The molecule has 1 aliphatic heterocycles. The van der Waals surface area contributed by atoms with Crippen LogP contribution in [0.25, 0.3) is 0 Å². The number of esters is 1. The molecule has 0 unspecified atom stereocenters. The highest BCUT2D eigenvalue weighted by atomic mass is 16.5. The summed E-state index contributed by atoms with van der Waals surface area (Å²) in [5, 5.41) is 7.23. The molecule has 3 rings (SSSR count). The van der Waals surface area contributed by atoms with E-state index in [0.717, 1.165) is 16.9 Å². The summed E-state index contributed by atoms with van der Waals surface area (Å²) < 4.78 is 10.7. The first kappa shape index (κ1) is 21.3. The lowest BCUT2D eigenvalue weighted by molar-refractivity contribution is -0.146. The van der Waals surface area contributed by atoms with Gasteiger partial charge in [0.2, 0.25) is 0 Å². The number of methoxy groups -OCH3 is 2. The minimum Gasteiger partial charge on any atom is -0.496 e. The molecule has 1 heterocycles. The summed E-state index contributed by atoms with van der Waals surface area (Å²) >= 11 is 0. The average molecular weight is 397 g/mol. The van der Waals surface area contributed by atoms with Gasteiger partial charge in [-0.05, 0) is 30.0 Å². The molecule has 2 aromatic rings. The van der Waals surface area contributed by atoms with Gasteiger partial charge in [-0.25, -0.2) is 0 Å². The smallest absolute Gasteiger partial charge is 0.311 e. The van der Waals surface area contributed by atoms with E-state index in [1.54, 1.807) is 7.11 Å². The molecule has 5 heteroatoms. The molecule has 2 N–H and O–H groups in total. The van der Waals surface area contributed by atoms with Gasteiger partial charge in [-0.15, -0.1) is 0 Å². The zero-order valence-corrected chi connectivity index (χ0v) is 17.9. The van der Waals surface area contributed by atoms with Crippen LogP contribution in [0.1, 0.15) is 49.4 Å². The number of ether oxygens (including phenoxy) is 2. The highest BCUT2D eigenvalue weighted by molar-refractivity contribution is 5.75. The molecule has 0 bridgehead atoms. The minimum absolute atomic E-state index is 0.00838. The number of hydrogen-bond acceptors (Lipinski definition) is 5. The molecule has 0 saturated carbocycles. The van der Waals surface area contributed by atoms with Crippen molar-refractivity contribution in [2.45, 2.75) is 51.4 Å². The molecular formula is C24H32N2O3. The first-order valence-electron chi connectivity index (χ1n) is 10.2. The molecule has 1 saturated heterocycles. The standard InChI is InChI=1S/C24H32N2O3/c1-15(2)18-11-12-20(28-4)19(13-18)14-25-23-21(24(27)29-5)16(3)26-22(23)17-9-7-6-8-10-17/h6-13,15-16,21-23,25-26H,14H2,1-5H3/t16-,21+,22+,23-/m1/s1. The summed E-state index contributed by atoms with van der Waals surface area (Å²) in [7, 11) is 3.15. The second kappa shape index (κ2) is 9.42.